The number of aliphatic carboxylic acids is 1. The first-order valence-electron chi connectivity index (χ1n) is 7.23. The van der Waals surface area contributed by atoms with Crippen LogP contribution < -0.4 is 5.32 Å². The van der Waals surface area contributed by atoms with E-state index in [1.807, 2.05) is 6.07 Å². The fourth-order valence-electron chi connectivity index (χ4n) is 2.60. The molecule has 1 aliphatic carbocycles. The lowest BCUT2D eigenvalue weighted by molar-refractivity contribution is -0.139. The van der Waals surface area contributed by atoms with Gasteiger partial charge in [-0.05, 0) is 36.8 Å². The molecule has 3 nitrogen and oxygen atoms in total. The average Bonchev–Trinajstić information content (AvgIpc) is 3.19. The van der Waals surface area contributed by atoms with Crippen molar-refractivity contribution < 1.29 is 9.90 Å². The van der Waals surface area contributed by atoms with E-state index in [2.05, 4.69) is 36.5 Å². The Morgan fingerprint density at radius 3 is 2.79 bits per heavy atom. The predicted octanol–water partition coefficient (Wildman–Crippen LogP) is 3.02. The molecule has 2 unspecified atom stereocenters. The molecule has 1 aliphatic rings. The Morgan fingerprint density at radius 2 is 2.16 bits per heavy atom. The molecule has 19 heavy (non-hydrogen) atoms. The zero-order valence-corrected chi connectivity index (χ0v) is 11.5. The molecule has 1 saturated carbocycles. The average molecular weight is 261 g/mol. The van der Waals surface area contributed by atoms with Crippen LogP contribution in [0.3, 0.4) is 0 Å². The van der Waals surface area contributed by atoms with Gasteiger partial charge in [-0.2, -0.15) is 0 Å². The van der Waals surface area contributed by atoms with Crippen LogP contribution in [0.2, 0.25) is 0 Å². The zero-order chi connectivity index (χ0) is 13.7. The number of carbonyl (C=O) groups is 1. The number of hydrogen-bond acceptors (Lipinski definition) is 2. The van der Waals surface area contributed by atoms with E-state index in [9.17, 15) is 4.79 Å². The molecule has 1 aromatic carbocycles. The van der Waals surface area contributed by atoms with Gasteiger partial charge in [-0.1, -0.05) is 50.1 Å². The molecular formula is C16H23NO2. The molecule has 0 aromatic heterocycles. The molecule has 0 aliphatic heterocycles. The number of rotatable bonds is 8. The normalized spacial score (nSPS) is 23.0. The van der Waals surface area contributed by atoms with Crippen LogP contribution in [-0.4, -0.2) is 23.7 Å². The second kappa shape index (κ2) is 6.71. The summed E-state index contributed by atoms with van der Waals surface area (Å²) in [6, 6.07) is 10.1. The van der Waals surface area contributed by atoms with E-state index in [0.29, 0.717) is 11.8 Å². The molecule has 1 fully saturated rings. The smallest absolute Gasteiger partial charge is 0.320 e. The number of nitrogens with one attached hydrogen (secondary N) is 1. The van der Waals surface area contributed by atoms with Gasteiger partial charge in [-0.25, -0.2) is 0 Å². The van der Waals surface area contributed by atoms with Crippen molar-refractivity contribution in [3.63, 3.8) is 0 Å². The summed E-state index contributed by atoms with van der Waals surface area (Å²) in [6.07, 6.45) is 3.92. The first-order chi connectivity index (χ1) is 9.22. The number of carboxylic acid groups (broad SMARTS) is 1. The summed E-state index contributed by atoms with van der Waals surface area (Å²) in [4.78, 5) is 11.1. The van der Waals surface area contributed by atoms with E-state index in [1.165, 1.54) is 12.0 Å². The zero-order valence-electron chi connectivity index (χ0n) is 11.5. The third-order valence-electron chi connectivity index (χ3n) is 3.92. The predicted molar refractivity (Wildman–Crippen MR) is 76.2 cm³/mol. The maximum Gasteiger partial charge on any atom is 0.320 e. The van der Waals surface area contributed by atoms with Crippen LogP contribution in [0.15, 0.2) is 30.3 Å². The van der Waals surface area contributed by atoms with Crippen molar-refractivity contribution in [2.24, 2.45) is 5.92 Å². The molecule has 0 bridgehead atoms. The standard InChI is InChI=1S/C16H23NO2/c1-2-3-9-15(16(18)19)17-11-13-10-14(13)12-7-5-4-6-8-12/h4-8,13-15,17H,2-3,9-11H2,1H3,(H,18,19)/t13?,14?,15-/m0/s1. The van der Waals surface area contributed by atoms with Gasteiger partial charge in [-0.3, -0.25) is 4.79 Å². The van der Waals surface area contributed by atoms with E-state index in [1.54, 1.807) is 0 Å². The number of carboxylic acids is 1. The molecule has 0 radical (unpaired) electrons. The number of hydrogen-bond donors (Lipinski definition) is 2. The summed E-state index contributed by atoms with van der Waals surface area (Å²) >= 11 is 0. The van der Waals surface area contributed by atoms with Gasteiger partial charge in [0, 0.05) is 0 Å². The third kappa shape index (κ3) is 4.06. The van der Waals surface area contributed by atoms with Gasteiger partial charge >= 0.3 is 5.97 Å². The van der Waals surface area contributed by atoms with Gasteiger partial charge in [0.05, 0.1) is 0 Å². The summed E-state index contributed by atoms with van der Waals surface area (Å²) in [5.74, 6) is 0.505. The Hall–Kier alpha value is -1.35. The fourth-order valence-corrected chi connectivity index (χ4v) is 2.60. The van der Waals surface area contributed by atoms with Gasteiger partial charge < -0.3 is 10.4 Å². The number of unbranched alkanes of at least 4 members (excludes halogenated alkanes) is 1. The first-order valence-corrected chi connectivity index (χ1v) is 7.23. The molecule has 2 N–H and O–H groups in total. The van der Waals surface area contributed by atoms with Crippen LogP contribution in [0.25, 0.3) is 0 Å². The highest BCUT2D eigenvalue weighted by Gasteiger charge is 2.38. The quantitative estimate of drug-likeness (QED) is 0.756. The summed E-state index contributed by atoms with van der Waals surface area (Å²) in [5, 5.41) is 12.4. The molecule has 3 heteroatoms. The van der Waals surface area contributed by atoms with E-state index < -0.39 is 5.97 Å². The lowest BCUT2D eigenvalue weighted by Crippen LogP contribution is -2.37. The highest BCUT2D eigenvalue weighted by molar-refractivity contribution is 5.73. The SMILES string of the molecule is CCCC[C@H](NCC1CC1c1ccccc1)C(=O)O. The van der Waals surface area contributed by atoms with Crippen LogP contribution in [0.5, 0.6) is 0 Å². The first kappa shape index (κ1) is 14.1. The third-order valence-corrected chi connectivity index (χ3v) is 3.92. The molecule has 3 atom stereocenters. The van der Waals surface area contributed by atoms with Gasteiger partial charge in [0.2, 0.25) is 0 Å². The maximum atomic E-state index is 11.1. The van der Waals surface area contributed by atoms with Crippen LogP contribution in [0, 0.1) is 5.92 Å². The summed E-state index contributed by atoms with van der Waals surface area (Å²) in [5.41, 5.74) is 1.38. The molecular weight excluding hydrogens is 238 g/mol. The monoisotopic (exact) mass is 261 g/mol. The van der Waals surface area contributed by atoms with E-state index in [0.717, 1.165) is 25.8 Å². The van der Waals surface area contributed by atoms with Gasteiger partial charge in [-0.15, -0.1) is 0 Å². The largest absolute Gasteiger partial charge is 0.480 e. The van der Waals surface area contributed by atoms with Gasteiger partial charge in [0.25, 0.3) is 0 Å². The molecule has 1 aromatic rings. The van der Waals surface area contributed by atoms with Crippen molar-refractivity contribution in [1.29, 1.82) is 0 Å². The van der Waals surface area contributed by atoms with Crippen LogP contribution in [-0.2, 0) is 4.79 Å². The van der Waals surface area contributed by atoms with E-state index >= 15 is 0 Å². The van der Waals surface area contributed by atoms with Crippen molar-refractivity contribution in [3.8, 4) is 0 Å². The van der Waals surface area contributed by atoms with Gasteiger partial charge in [0.15, 0.2) is 0 Å². The molecule has 104 valence electrons. The fraction of sp³-hybridized carbons (Fsp3) is 0.562. The van der Waals surface area contributed by atoms with Crippen molar-refractivity contribution >= 4 is 5.97 Å². The van der Waals surface area contributed by atoms with E-state index in [4.69, 9.17) is 5.11 Å². The lowest BCUT2D eigenvalue weighted by atomic mass is 10.1. The van der Waals surface area contributed by atoms with Crippen LogP contribution in [0.4, 0.5) is 0 Å². The minimum Gasteiger partial charge on any atom is -0.480 e. The highest BCUT2D eigenvalue weighted by atomic mass is 16.4. The Kier molecular flexibility index (Phi) is 4.97. The van der Waals surface area contributed by atoms with Crippen LogP contribution in [0.1, 0.15) is 44.1 Å². The van der Waals surface area contributed by atoms with Crippen molar-refractivity contribution in [2.75, 3.05) is 6.54 Å². The molecule has 2 rings (SSSR count). The second-order valence-corrected chi connectivity index (χ2v) is 5.45. The topological polar surface area (TPSA) is 49.3 Å². The van der Waals surface area contributed by atoms with Crippen LogP contribution >= 0.6 is 0 Å². The maximum absolute atomic E-state index is 11.1. The molecule has 0 heterocycles. The highest BCUT2D eigenvalue weighted by Crippen LogP contribution is 2.46. The minimum absolute atomic E-state index is 0.378. The van der Waals surface area contributed by atoms with Gasteiger partial charge in [0.1, 0.15) is 6.04 Å². The summed E-state index contributed by atoms with van der Waals surface area (Å²) in [6.45, 7) is 2.91. The second-order valence-electron chi connectivity index (χ2n) is 5.45. The molecule has 0 spiro atoms. The molecule has 0 amide bonds. The Labute approximate surface area is 115 Å². The molecule has 0 saturated heterocycles. The lowest BCUT2D eigenvalue weighted by Gasteiger charge is -2.13. The minimum atomic E-state index is -0.717. The van der Waals surface area contributed by atoms with E-state index in [-0.39, 0.29) is 6.04 Å². The summed E-state index contributed by atoms with van der Waals surface area (Å²) in [7, 11) is 0. The number of benzene rings is 1. The van der Waals surface area contributed by atoms with Crippen molar-refractivity contribution in [1.82, 2.24) is 5.32 Å². The Bertz CT molecular complexity index is 404. The van der Waals surface area contributed by atoms with Crippen molar-refractivity contribution in [2.45, 2.75) is 44.6 Å². The summed E-state index contributed by atoms with van der Waals surface area (Å²) < 4.78 is 0. The van der Waals surface area contributed by atoms with Crippen molar-refractivity contribution in [3.05, 3.63) is 35.9 Å². The Morgan fingerprint density at radius 1 is 1.42 bits per heavy atom. The Balaban J connectivity index is 1.76.